The number of hydrogen-bond donors (Lipinski definition) is 1. The first-order valence-corrected chi connectivity index (χ1v) is 9.86. The fourth-order valence-electron chi connectivity index (χ4n) is 2.60. The Bertz CT molecular complexity index is 847. The van der Waals surface area contributed by atoms with E-state index in [2.05, 4.69) is 15.2 Å². The second kappa shape index (κ2) is 7.29. The SMILES string of the molecule is Cc1ccc(Nc2ccc(S(=O)(=O)N3CCN(C)CC3)cn2)cc1Cl. The minimum atomic E-state index is -3.49. The molecule has 1 aromatic heterocycles. The predicted octanol–water partition coefficient (Wildman–Crippen LogP) is 2.72. The number of likely N-dealkylation sites (N-methyl/N-ethyl adjacent to an activating group) is 1. The third-order valence-electron chi connectivity index (χ3n) is 4.28. The van der Waals surface area contributed by atoms with Crippen LogP contribution in [0.1, 0.15) is 5.56 Å². The number of nitrogens with one attached hydrogen (secondary N) is 1. The van der Waals surface area contributed by atoms with E-state index in [4.69, 9.17) is 11.6 Å². The molecule has 2 heterocycles. The van der Waals surface area contributed by atoms with Gasteiger partial charge in [-0.15, -0.1) is 0 Å². The minimum Gasteiger partial charge on any atom is -0.340 e. The van der Waals surface area contributed by atoms with Crippen LogP contribution in [0, 0.1) is 6.92 Å². The molecule has 1 aliphatic heterocycles. The molecule has 1 fully saturated rings. The van der Waals surface area contributed by atoms with Crippen LogP contribution < -0.4 is 5.32 Å². The van der Waals surface area contributed by atoms with E-state index >= 15 is 0 Å². The maximum Gasteiger partial charge on any atom is 0.244 e. The number of rotatable bonds is 4. The summed E-state index contributed by atoms with van der Waals surface area (Å²) in [4.78, 5) is 6.56. The maximum atomic E-state index is 12.7. The van der Waals surface area contributed by atoms with Crippen molar-refractivity contribution in [1.82, 2.24) is 14.2 Å². The van der Waals surface area contributed by atoms with E-state index in [9.17, 15) is 8.42 Å². The summed E-state index contributed by atoms with van der Waals surface area (Å²) >= 11 is 6.11. The Morgan fingerprint density at radius 1 is 1.12 bits per heavy atom. The van der Waals surface area contributed by atoms with E-state index in [-0.39, 0.29) is 4.90 Å². The van der Waals surface area contributed by atoms with Crippen molar-refractivity contribution in [2.75, 3.05) is 38.5 Å². The first kappa shape index (κ1) is 18.1. The van der Waals surface area contributed by atoms with Gasteiger partial charge in [-0.25, -0.2) is 13.4 Å². The van der Waals surface area contributed by atoms with Crippen LogP contribution in [0.15, 0.2) is 41.4 Å². The van der Waals surface area contributed by atoms with Crippen molar-refractivity contribution in [3.8, 4) is 0 Å². The smallest absolute Gasteiger partial charge is 0.244 e. The van der Waals surface area contributed by atoms with E-state index < -0.39 is 10.0 Å². The molecule has 2 aromatic rings. The van der Waals surface area contributed by atoms with E-state index in [0.29, 0.717) is 23.9 Å². The predicted molar refractivity (Wildman–Crippen MR) is 100.0 cm³/mol. The number of anilines is 2. The lowest BCUT2D eigenvalue weighted by Crippen LogP contribution is -2.47. The van der Waals surface area contributed by atoms with Crippen LogP contribution in [0.25, 0.3) is 0 Å². The molecule has 0 bridgehead atoms. The van der Waals surface area contributed by atoms with Gasteiger partial charge in [-0.1, -0.05) is 17.7 Å². The summed E-state index contributed by atoms with van der Waals surface area (Å²) in [6.45, 7) is 4.41. The van der Waals surface area contributed by atoms with Crippen LogP contribution in [0.5, 0.6) is 0 Å². The summed E-state index contributed by atoms with van der Waals surface area (Å²) in [6, 6.07) is 8.87. The topological polar surface area (TPSA) is 65.5 Å². The van der Waals surface area contributed by atoms with Gasteiger partial charge in [0, 0.05) is 43.1 Å². The molecule has 1 saturated heterocycles. The zero-order valence-electron chi connectivity index (χ0n) is 14.2. The van der Waals surface area contributed by atoms with E-state index in [1.807, 2.05) is 32.2 Å². The molecule has 0 radical (unpaired) electrons. The van der Waals surface area contributed by atoms with Crippen molar-refractivity contribution >= 4 is 33.1 Å². The van der Waals surface area contributed by atoms with E-state index in [0.717, 1.165) is 24.3 Å². The summed E-state index contributed by atoms with van der Waals surface area (Å²) in [7, 11) is -1.50. The number of halogens is 1. The lowest BCUT2D eigenvalue weighted by Gasteiger charge is -2.31. The summed E-state index contributed by atoms with van der Waals surface area (Å²) in [6.07, 6.45) is 1.39. The Morgan fingerprint density at radius 3 is 2.44 bits per heavy atom. The number of piperazine rings is 1. The Kier molecular flexibility index (Phi) is 5.29. The average molecular weight is 381 g/mol. The molecule has 0 unspecified atom stereocenters. The van der Waals surface area contributed by atoms with Gasteiger partial charge in [0.15, 0.2) is 0 Å². The Morgan fingerprint density at radius 2 is 1.84 bits per heavy atom. The normalized spacial score (nSPS) is 16.8. The quantitative estimate of drug-likeness (QED) is 0.883. The zero-order valence-corrected chi connectivity index (χ0v) is 15.8. The number of sulfonamides is 1. The Labute approximate surface area is 153 Å². The Balaban J connectivity index is 1.74. The number of pyridine rings is 1. The highest BCUT2D eigenvalue weighted by molar-refractivity contribution is 7.89. The summed E-state index contributed by atoms with van der Waals surface area (Å²) in [5.74, 6) is 0.567. The largest absolute Gasteiger partial charge is 0.340 e. The lowest BCUT2D eigenvalue weighted by molar-refractivity contribution is 0.222. The molecule has 0 atom stereocenters. The van der Waals surface area contributed by atoms with Crippen LogP contribution in [0.2, 0.25) is 5.02 Å². The first-order valence-electron chi connectivity index (χ1n) is 8.04. The molecule has 0 aliphatic carbocycles. The molecular formula is C17H21ClN4O2S. The molecule has 1 N–H and O–H groups in total. The molecule has 134 valence electrons. The number of aromatic nitrogens is 1. The summed E-state index contributed by atoms with van der Waals surface area (Å²) in [5.41, 5.74) is 1.80. The van der Waals surface area contributed by atoms with Crippen LogP contribution in [-0.4, -0.2) is 55.8 Å². The highest BCUT2D eigenvalue weighted by Gasteiger charge is 2.27. The molecule has 25 heavy (non-hydrogen) atoms. The second-order valence-electron chi connectivity index (χ2n) is 6.18. The van der Waals surface area contributed by atoms with Crippen molar-refractivity contribution in [2.24, 2.45) is 0 Å². The van der Waals surface area contributed by atoms with Crippen LogP contribution >= 0.6 is 11.6 Å². The molecule has 8 heteroatoms. The van der Waals surface area contributed by atoms with Gasteiger partial charge in [0.2, 0.25) is 10.0 Å². The number of nitrogens with zero attached hydrogens (tertiary/aromatic N) is 3. The molecule has 1 aliphatic rings. The molecule has 0 spiro atoms. The highest BCUT2D eigenvalue weighted by Crippen LogP contribution is 2.23. The number of hydrogen-bond acceptors (Lipinski definition) is 5. The molecular weight excluding hydrogens is 360 g/mol. The monoisotopic (exact) mass is 380 g/mol. The second-order valence-corrected chi connectivity index (χ2v) is 8.52. The Hall–Kier alpha value is -1.67. The maximum absolute atomic E-state index is 12.7. The van der Waals surface area contributed by atoms with Crippen molar-refractivity contribution in [2.45, 2.75) is 11.8 Å². The van der Waals surface area contributed by atoms with Gasteiger partial charge in [-0.05, 0) is 43.8 Å². The third-order valence-corrected chi connectivity index (χ3v) is 6.57. The first-order chi connectivity index (χ1) is 11.9. The van der Waals surface area contributed by atoms with Gasteiger partial charge in [0.25, 0.3) is 0 Å². The minimum absolute atomic E-state index is 0.213. The lowest BCUT2D eigenvalue weighted by atomic mass is 10.2. The molecule has 6 nitrogen and oxygen atoms in total. The summed E-state index contributed by atoms with van der Waals surface area (Å²) < 4.78 is 26.9. The van der Waals surface area contributed by atoms with Gasteiger partial charge in [-0.2, -0.15) is 4.31 Å². The molecule has 1 aromatic carbocycles. The number of aryl methyl sites for hydroxylation is 1. The molecule has 0 saturated carbocycles. The van der Waals surface area contributed by atoms with Gasteiger partial charge >= 0.3 is 0 Å². The zero-order chi connectivity index (χ0) is 18.0. The van der Waals surface area contributed by atoms with Crippen LogP contribution in [0.4, 0.5) is 11.5 Å². The number of benzene rings is 1. The van der Waals surface area contributed by atoms with Gasteiger partial charge < -0.3 is 10.2 Å². The van der Waals surface area contributed by atoms with Crippen LogP contribution in [0.3, 0.4) is 0 Å². The standard InChI is InChI=1S/C17H21ClN4O2S/c1-13-3-4-14(11-16(13)18)20-17-6-5-15(12-19-17)25(23,24)22-9-7-21(2)8-10-22/h3-6,11-12H,7-10H2,1-2H3,(H,19,20). The molecule has 3 rings (SSSR count). The van der Waals surface area contributed by atoms with Crippen molar-refractivity contribution in [1.29, 1.82) is 0 Å². The van der Waals surface area contributed by atoms with E-state index in [1.54, 1.807) is 12.1 Å². The van der Waals surface area contributed by atoms with Crippen molar-refractivity contribution < 1.29 is 8.42 Å². The van der Waals surface area contributed by atoms with Crippen molar-refractivity contribution in [3.63, 3.8) is 0 Å². The van der Waals surface area contributed by atoms with Gasteiger partial charge in [0.1, 0.15) is 10.7 Å². The van der Waals surface area contributed by atoms with Gasteiger partial charge in [-0.3, -0.25) is 0 Å². The van der Waals surface area contributed by atoms with Crippen LogP contribution in [-0.2, 0) is 10.0 Å². The third kappa shape index (κ3) is 4.12. The fourth-order valence-corrected chi connectivity index (χ4v) is 4.15. The van der Waals surface area contributed by atoms with Crippen molar-refractivity contribution in [3.05, 3.63) is 47.1 Å². The highest BCUT2D eigenvalue weighted by atomic mass is 35.5. The average Bonchev–Trinajstić information content (AvgIpc) is 2.59. The molecule has 0 amide bonds. The summed E-state index contributed by atoms with van der Waals surface area (Å²) in [5, 5.41) is 3.79. The van der Waals surface area contributed by atoms with Gasteiger partial charge in [0.05, 0.1) is 0 Å². The van der Waals surface area contributed by atoms with E-state index in [1.165, 1.54) is 10.5 Å². The fraction of sp³-hybridized carbons (Fsp3) is 0.353.